The molecule has 0 aromatic heterocycles. The molecule has 8 rings (SSSR count). The maximum Gasteiger partial charge on any atom is 0.314 e. The van der Waals surface area contributed by atoms with Crippen LogP contribution in [-0.2, 0) is 52.2 Å². The summed E-state index contributed by atoms with van der Waals surface area (Å²) in [6, 6.07) is 0. The zero-order valence-electron chi connectivity index (χ0n) is 30.5. The largest absolute Gasteiger partial charge is 0.465 e. The van der Waals surface area contributed by atoms with Gasteiger partial charge in [0.1, 0.15) is 0 Å². The monoisotopic (exact) mass is 728 g/mol. The molecule has 13 atom stereocenters. The van der Waals surface area contributed by atoms with Gasteiger partial charge in [-0.25, -0.2) is 0 Å². The van der Waals surface area contributed by atoms with Gasteiger partial charge in [0.25, 0.3) is 6.29 Å². The van der Waals surface area contributed by atoms with Crippen LogP contribution in [0.2, 0.25) is 0 Å². The lowest BCUT2D eigenvalue weighted by Gasteiger charge is -2.49. The van der Waals surface area contributed by atoms with Crippen molar-refractivity contribution in [3.05, 3.63) is 48.0 Å². The highest BCUT2D eigenvalue weighted by Gasteiger charge is 2.60. The van der Waals surface area contributed by atoms with Gasteiger partial charge in [-0.2, -0.15) is 0 Å². The first-order valence-corrected chi connectivity index (χ1v) is 19.5. The number of carbonyl (C=O) groups excluding carboxylic acids is 2. The van der Waals surface area contributed by atoms with Crippen LogP contribution in [0.1, 0.15) is 65.2 Å². The molecule has 0 aromatic carbocycles. The summed E-state index contributed by atoms with van der Waals surface area (Å²) in [4.78, 5) is 28.1. The second kappa shape index (κ2) is 17.7. The van der Waals surface area contributed by atoms with Crippen LogP contribution in [0.4, 0.5) is 0 Å². The quantitative estimate of drug-likeness (QED) is 0.0364. The zero-order chi connectivity index (χ0) is 36.0. The molecule has 52 heavy (non-hydrogen) atoms. The molecule has 0 radical (unpaired) electrons. The number of hydrogen-bond donors (Lipinski definition) is 1. The number of aliphatic hydroxyl groups is 1. The fourth-order valence-corrected chi connectivity index (χ4v) is 7.90. The molecule has 3 aliphatic carbocycles. The number of esters is 2. The van der Waals surface area contributed by atoms with Gasteiger partial charge in [0, 0.05) is 24.4 Å². The normalized spacial score (nSPS) is 36.8. The van der Waals surface area contributed by atoms with Gasteiger partial charge in [-0.15, -0.1) is 0 Å². The van der Waals surface area contributed by atoms with Crippen LogP contribution in [0.5, 0.6) is 0 Å². The first kappa shape index (κ1) is 37.7. The van der Waals surface area contributed by atoms with E-state index in [1.807, 2.05) is 30.4 Å². The van der Waals surface area contributed by atoms with Gasteiger partial charge < -0.3 is 47.7 Å². The third kappa shape index (κ3) is 10.3. The van der Waals surface area contributed by atoms with Crippen molar-refractivity contribution in [2.24, 2.45) is 41.4 Å². The molecular formula is C40H56O12. The van der Waals surface area contributed by atoms with Crippen molar-refractivity contribution in [2.75, 3.05) is 46.2 Å². The number of carbonyl (C=O) groups is 2. The molecule has 0 aromatic rings. The van der Waals surface area contributed by atoms with Crippen molar-refractivity contribution < 1.29 is 57.3 Å². The molecule has 2 bridgehead atoms. The number of aliphatic hydroxyl groups excluding tert-OH is 1. The van der Waals surface area contributed by atoms with E-state index in [0.717, 1.165) is 71.4 Å². The van der Waals surface area contributed by atoms with Gasteiger partial charge in [-0.3, -0.25) is 9.59 Å². The van der Waals surface area contributed by atoms with E-state index >= 15 is 0 Å². The van der Waals surface area contributed by atoms with E-state index in [1.165, 1.54) is 6.26 Å². The number of ether oxygens (including phenoxy) is 9. The van der Waals surface area contributed by atoms with E-state index < -0.39 is 54.1 Å². The maximum atomic E-state index is 14.1. The third-order valence-electron chi connectivity index (χ3n) is 11.5. The molecule has 11 unspecified atom stereocenters. The Morgan fingerprint density at radius 3 is 2.48 bits per heavy atom. The highest BCUT2D eigenvalue weighted by atomic mass is 16.8. The van der Waals surface area contributed by atoms with Crippen molar-refractivity contribution in [2.45, 2.75) is 102 Å². The van der Waals surface area contributed by atoms with Crippen LogP contribution < -0.4 is 0 Å². The van der Waals surface area contributed by atoms with Gasteiger partial charge in [-0.05, 0) is 68.4 Å². The summed E-state index contributed by atoms with van der Waals surface area (Å²) in [6.07, 6.45) is 17.0. The minimum Gasteiger partial charge on any atom is -0.465 e. The molecule has 5 heterocycles. The predicted molar refractivity (Wildman–Crippen MR) is 186 cm³/mol. The van der Waals surface area contributed by atoms with E-state index in [4.69, 9.17) is 42.6 Å². The van der Waals surface area contributed by atoms with Gasteiger partial charge >= 0.3 is 11.9 Å². The highest BCUT2D eigenvalue weighted by molar-refractivity contribution is 5.82. The number of hydrogen-bond acceptors (Lipinski definition) is 12. The second-order valence-corrected chi connectivity index (χ2v) is 15.3. The first-order chi connectivity index (χ1) is 25.4. The van der Waals surface area contributed by atoms with Crippen LogP contribution >= 0.6 is 0 Å². The van der Waals surface area contributed by atoms with Crippen LogP contribution in [0, 0.1) is 41.4 Å². The molecule has 6 fully saturated rings. The number of rotatable bonds is 24. The van der Waals surface area contributed by atoms with E-state index in [-0.39, 0.29) is 12.7 Å². The van der Waals surface area contributed by atoms with E-state index in [0.29, 0.717) is 61.1 Å². The van der Waals surface area contributed by atoms with Crippen LogP contribution in [0.25, 0.3) is 0 Å². The number of allylic oxidation sites excluding steroid dienone is 3. The molecule has 12 heteroatoms. The Kier molecular flexibility index (Phi) is 12.8. The molecule has 1 saturated carbocycles. The van der Waals surface area contributed by atoms with Gasteiger partial charge in [0.2, 0.25) is 0 Å². The standard InChI is InChI=1S/C40H56O12/c1-3-25(19-28-22-50-28)14-18-46-37(41)33-30-13-12-29(32(33)36-40(52-36)47-16-7-5-11-27-21-49-27)34(38(42)45-17-8-9-24(2)31-23-51-31)35(30)39(43)44-15-6-4-10-26-20-48-26/h5-7,12-13,15,24-31,33-35,38,40,42H,3-4,8-11,14,16-23H2,1-2H3/b7-5+,15-6+,36-32-/t24-,25?,26?,27?,28?,29?,30?,31?,33?,34?,35?,38?,40+/m0/s1. The molecule has 1 N–H and O–H groups in total. The average Bonchev–Trinajstić information content (AvgIpc) is 3.94. The summed E-state index contributed by atoms with van der Waals surface area (Å²) in [7, 11) is 0. The fraction of sp³-hybridized carbons (Fsp3) is 0.750. The van der Waals surface area contributed by atoms with Crippen molar-refractivity contribution in [1.82, 2.24) is 0 Å². The van der Waals surface area contributed by atoms with Crippen LogP contribution in [0.3, 0.4) is 0 Å². The summed E-state index contributed by atoms with van der Waals surface area (Å²) in [5.41, 5.74) is 0.687. The summed E-state index contributed by atoms with van der Waals surface area (Å²) in [5, 5.41) is 11.7. The second-order valence-electron chi connectivity index (χ2n) is 15.3. The lowest BCUT2D eigenvalue weighted by molar-refractivity contribution is -0.187. The molecule has 288 valence electrons. The van der Waals surface area contributed by atoms with Crippen LogP contribution in [-0.4, -0.2) is 100 Å². The minimum atomic E-state index is -1.29. The third-order valence-corrected chi connectivity index (χ3v) is 11.5. The summed E-state index contributed by atoms with van der Waals surface area (Å²) in [6.45, 7) is 8.37. The van der Waals surface area contributed by atoms with E-state index in [9.17, 15) is 14.7 Å². The Hall–Kier alpha value is -2.58. The minimum absolute atomic E-state index is 0.266. The SMILES string of the molecule is CCC(CCOC(=O)C1/C(=C2\O[C@H]2OC/C=C/CC2CO2)C2C=CC1C(C(=O)O/C=C/CCC1CO1)C2C(O)OCCC[C@H](C)C1CO1)CC1CO1. The van der Waals surface area contributed by atoms with Crippen molar-refractivity contribution in [3.63, 3.8) is 0 Å². The van der Waals surface area contributed by atoms with E-state index in [2.05, 4.69) is 13.8 Å². The average molecular weight is 729 g/mol. The zero-order valence-corrected chi connectivity index (χ0v) is 30.5. The molecule has 0 amide bonds. The summed E-state index contributed by atoms with van der Waals surface area (Å²) < 4.78 is 51.2. The summed E-state index contributed by atoms with van der Waals surface area (Å²) in [5.74, 6) is -3.12. The highest BCUT2D eigenvalue weighted by Crippen LogP contribution is 2.56. The Bertz CT molecular complexity index is 1340. The van der Waals surface area contributed by atoms with E-state index in [1.54, 1.807) is 0 Å². The van der Waals surface area contributed by atoms with Crippen molar-refractivity contribution >= 4 is 11.9 Å². The number of fused-ring (bicyclic) bond motifs is 2. The van der Waals surface area contributed by atoms with Gasteiger partial charge in [0.05, 0.1) is 82.2 Å². The van der Waals surface area contributed by atoms with Crippen molar-refractivity contribution in [1.29, 1.82) is 0 Å². The maximum absolute atomic E-state index is 14.1. The fourth-order valence-electron chi connectivity index (χ4n) is 7.90. The Morgan fingerprint density at radius 1 is 0.962 bits per heavy atom. The van der Waals surface area contributed by atoms with Gasteiger partial charge in [-0.1, -0.05) is 44.6 Å². The van der Waals surface area contributed by atoms with Gasteiger partial charge in [0.15, 0.2) is 12.0 Å². The first-order valence-electron chi connectivity index (χ1n) is 19.5. The molecular weight excluding hydrogens is 672 g/mol. The molecule has 0 spiro atoms. The Morgan fingerprint density at radius 2 is 1.75 bits per heavy atom. The Balaban J connectivity index is 1.07. The molecule has 5 aliphatic heterocycles. The smallest absolute Gasteiger partial charge is 0.314 e. The van der Waals surface area contributed by atoms with Crippen molar-refractivity contribution in [3.8, 4) is 0 Å². The summed E-state index contributed by atoms with van der Waals surface area (Å²) >= 11 is 0. The Labute approximate surface area is 306 Å². The topological polar surface area (TPSA) is 154 Å². The molecule has 8 aliphatic rings. The molecule has 5 saturated heterocycles. The number of epoxide rings is 5. The van der Waals surface area contributed by atoms with Crippen LogP contribution in [0.15, 0.2) is 48.0 Å². The lowest BCUT2D eigenvalue weighted by atomic mass is 9.55. The molecule has 12 nitrogen and oxygen atoms in total. The predicted octanol–water partition coefficient (Wildman–Crippen LogP) is 4.76. The lowest BCUT2D eigenvalue weighted by Crippen LogP contribution is -2.54.